The molecule has 1 aromatic heterocycles. The molecule has 7 heteroatoms. The van der Waals surface area contributed by atoms with E-state index in [1.807, 2.05) is 56.3 Å². The first-order valence-corrected chi connectivity index (χ1v) is 11.5. The molecule has 0 unspecified atom stereocenters. The lowest BCUT2D eigenvalue weighted by Crippen LogP contribution is -2.32. The summed E-state index contributed by atoms with van der Waals surface area (Å²) >= 11 is 7.04. The Labute approximate surface area is 196 Å². The zero-order valence-electron chi connectivity index (χ0n) is 17.9. The lowest BCUT2D eigenvalue weighted by atomic mass is 10.2. The number of hydrogen-bond donors (Lipinski definition) is 0. The van der Waals surface area contributed by atoms with Crippen LogP contribution < -0.4 is 4.74 Å². The van der Waals surface area contributed by atoms with Crippen LogP contribution in [0.3, 0.4) is 0 Å². The van der Waals surface area contributed by atoms with Gasteiger partial charge in [-0.2, -0.15) is 0 Å². The average Bonchev–Trinajstić information content (AvgIpc) is 3.20. The lowest BCUT2D eigenvalue weighted by Gasteiger charge is -2.13. The fourth-order valence-corrected chi connectivity index (χ4v) is 4.67. The molecule has 0 saturated carbocycles. The van der Waals surface area contributed by atoms with Gasteiger partial charge in [-0.05, 0) is 61.0 Å². The van der Waals surface area contributed by atoms with Crippen LogP contribution in [0.15, 0.2) is 65.6 Å². The van der Waals surface area contributed by atoms with Crippen molar-refractivity contribution >= 4 is 40.6 Å². The first kappa shape index (κ1) is 22.2. The van der Waals surface area contributed by atoms with Gasteiger partial charge in [0.25, 0.3) is 11.1 Å². The smallest absolute Gasteiger partial charge is 0.293 e. The molecule has 0 spiro atoms. The van der Waals surface area contributed by atoms with Crippen LogP contribution in [0, 0.1) is 13.8 Å². The molecule has 5 nitrogen and oxygen atoms in total. The molecule has 1 saturated heterocycles. The molecule has 0 radical (unpaired) electrons. The van der Waals surface area contributed by atoms with Gasteiger partial charge >= 0.3 is 0 Å². The summed E-state index contributed by atoms with van der Waals surface area (Å²) in [6, 6.07) is 19.4. The molecule has 2 amide bonds. The zero-order chi connectivity index (χ0) is 22.7. The van der Waals surface area contributed by atoms with E-state index in [2.05, 4.69) is 16.7 Å². The second-order valence-electron chi connectivity index (χ2n) is 7.51. The number of aryl methyl sites for hydroxylation is 1. The van der Waals surface area contributed by atoms with E-state index in [4.69, 9.17) is 16.3 Å². The van der Waals surface area contributed by atoms with Crippen molar-refractivity contribution in [3.8, 4) is 5.75 Å². The van der Waals surface area contributed by atoms with Crippen molar-refractivity contribution in [3.63, 3.8) is 0 Å². The standard InChI is InChI=1S/C25H23ClN2O3S/c1-17-14-20(18(2)28(17)16-19-8-4-3-5-9-19)15-23-24(29)27(25(30)32-23)12-13-31-22-11-7-6-10-21(22)26/h3-11,14-15H,12-13,16H2,1-2H3/b23-15-. The number of carbonyl (C=O) groups excluding carboxylic acids is 2. The van der Waals surface area contributed by atoms with Gasteiger partial charge < -0.3 is 9.30 Å². The molecule has 2 aromatic carbocycles. The number of imide groups is 1. The third kappa shape index (κ3) is 4.76. The first-order chi connectivity index (χ1) is 15.4. The number of nitrogens with zero attached hydrogens (tertiary/aromatic N) is 2. The van der Waals surface area contributed by atoms with Crippen LogP contribution in [0.5, 0.6) is 5.75 Å². The Morgan fingerprint density at radius 1 is 1.03 bits per heavy atom. The molecule has 4 rings (SSSR count). The third-order valence-corrected chi connectivity index (χ3v) is 6.59. The summed E-state index contributed by atoms with van der Waals surface area (Å²) in [7, 11) is 0. The van der Waals surface area contributed by atoms with E-state index in [1.54, 1.807) is 12.1 Å². The van der Waals surface area contributed by atoms with E-state index in [9.17, 15) is 9.59 Å². The van der Waals surface area contributed by atoms with E-state index in [0.717, 1.165) is 35.3 Å². The largest absolute Gasteiger partial charge is 0.490 e. The van der Waals surface area contributed by atoms with Crippen LogP contribution in [0.4, 0.5) is 4.79 Å². The van der Waals surface area contributed by atoms with Crippen LogP contribution in [0.2, 0.25) is 5.02 Å². The van der Waals surface area contributed by atoms with Gasteiger partial charge in [-0.25, -0.2) is 0 Å². The van der Waals surface area contributed by atoms with Crippen LogP contribution >= 0.6 is 23.4 Å². The minimum Gasteiger partial charge on any atom is -0.490 e. The van der Waals surface area contributed by atoms with Crippen molar-refractivity contribution in [2.75, 3.05) is 13.2 Å². The maximum Gasteiger partial charge on any atom is 0.293 e. The highest BCUT2D eigenvalue weighted by Crippen LogP contribution is 2.33. The minimum atomic E-state index is -0.296. The Balaban J connectivity index is 1.46. The molecule has 2 heterocycles. The van der Waals surface area contributed by atoms with Crippen molar-refractivity contribution < 1.29 is 14.3 Å². The summed E-state index contributed by atoms with van der Waals surface area (Å²) in [5, 5.41) is 0.203. The average molecular weight is 467 g/mol. The predicted octanol–water partition coefficient (Wildman–Crippen LogP) is 5.92. The number of hydrogen-bond acceptors (Lipinski definition) is 4. The van der Waals surface area contributed by atoms with Crippen molar-refractivity contribution in [1.82, 2.24) is 9.47 Å². The maximum atomic E-state index is 12.9. The summed E-state index contributed by atoms with van der Waals surface area (Å²) in [4.78, 5) is 26.9. The highest BCUT2D eigenvalue weighted by molar-refractivity contribution is 8.18. The number of carbonyl (C=O) groups is 2. The second-order valence-corrected chi connectivity index (χ2v) is 8.91. The van der Waals surface area contributed by atoms with Crippen molar-refractivity contribution in [3.05, 3.63) is 93.1 Å². The second kappa shape index (κ2) is 9.67. The summed E-state index contributed by atoms with van der Waals surface area (Å²) in [5.74, 6) is 0.234. The third-order valence-electron chi connectivity index (χ3n) is 5.37. The van der Waals surface area contributed by atoms with Gasteiger partial charge in [0.2, 0.25) is 0 Å². The summed E-state index contributed by atoms with van der Waals surface area (Å²) in [6.45, 7) is 5.18. The topological polar surface area (TPSA) is 51.5 Å². The highest BCUT2D eigenvalue weighted by Gasteiger charge is 2.35. The molecule has 0 bridgehead atoms. The van der Waals surface area contributed by atoms with Gasteiger partial charge in [-0.15, -0.1) is 0 Å². The summed E-state index contributed by atoms with van der Waals surface area (Å²) in [6.07, 6.45) is 1.81. The van der Waals surface area contributed by atoms with E-state index in [1.165, 1.54) is 10.5 Å². The Hall–Kier alpha value is -2.96. The van der Waals surface area contributed by atoms with Crippen LogP contribution in [0.25, 0.3) is 6.08 Å². The van der Waals surface area contributed by atoms with E-state index >= 15 is 0 Å². The number of para-hydroxylation sites is 1. The number of thioether (sulfide) groups is 1. The normalized spacial score (nSPS) is 15.1. The van der Waals surface area contributed by atoms with E-state index < -0.39 is 0 Å². The van der Waals surface area contributed by atoms with Crippen molar-refractivity contribution in [2.45, 2.75) is 20.4 Å². The highest BCUT2D eigenvalue weighted by atomic mass is 35.5. The fourth-order valence-electron chi connectivity index (χ4n) is 3.63. The molecule has 1 fully saturated rings. The van der Waals surface area contributed by atoms with Gasteiger partial charge in [-0.1, -0.05) is 54.1 Å². The Kier molecular flexibility index (Phi) is 6.72. The Morgan fingerprint density at radius 2 is 1.75 bits per heavy atom. The number of amides is 2. The van der Waals surface area contributed by atoms with E-state index in [-0.39, 0.29) is 24.3 Å². The lowest BCUT2D eigenvalue weighted by molar-refractivity contribution is -0.123. The molecule has 1 aliphatic rings. The van der Waals surface area contributed by atoms with Crippen molar-refractivity contribution in [2.24, 2.45) is 0 Å². The Bertz CT molecular complexity index is 1190. The SMILES string of the molecule is Cc1cc(/C=C2\SC(=O)N(CCOc3ccccc3Cl)C2=O)c(C)n1Cc1ccccc1. The van der Waals surface area contributed by atoms with Crippen LogP contribution in [-0.4, -0.2) is 33.8 Å². The fraction of sp³-hybridized carbons (Fsp3) is 0.200. The number of halogens is 1. The maximum absolute atomic E-state index is 12.9. The molecule has 0 N–H and O–H groups in total. The van der Waals surface area contributed by atoms with Gasteiger partial charge in [0, 0.05) is 17.9 Å². The van der Waals surface area contributed by atoms with Crippen LogP contribution in [-0.2, 0) is 11.3 Å². The molecular weight excluding hydrogens is 444 g/mol. The summed E-state index contributed by atoms with van der Waals surface area (Å²) in [5.41, 5.74) is 4.31. The number of aromatic nitrogens is 1. The molecule has 32 heavy (non-hydrogen) atoms. The van der Waals surface area contributed by atoms with Gasteiger partial charge in [0.15, 0.2) is 0 Å². The quantitative estimate of drug-likeness (QED) is 0.405. The van der Waals surface area contributed by atoms with Gasteiger partial charge in [0.1, 0.15) is 12.4 Å². The van der Waals surface area contributed by atoms with Gasteiger partial charge in [0.05, 0.1) is 16.5 Å². The molecule has 0 aliphatic carbocycles. The molecule has 164 valence electrons. The molecule has 1 aliphatic heterocycles. The monoisotopic (exact) mass is 466 g/mol. The van der Waals surface area contributed by atoms with Gasteiger partial charge in [-0.3, -0.25) is 14.5 Å². The predicted molar refractivity (Wildman–Crippen MR) is 129 cm³/mol. The van der Waals surface area contributed by atoms with Crippen molar-refractivity contribution in [1.29, 1.82) is 0 Å². The van der Waals surface area contributed by atoms with Crippen LogP contribution in [0.1, 0.15) is 22.5 Å². The molecule has 3 aromatic rings. The number of benzene rings is 2. The number of rotatable bonds is 7. The first-order valence-electron chi connectivity index (χ1n) is 10.3. The number of ether oxygens (including phenoxy) is 1. The van der Waals surface area contributed by atoms with E-state index in [0.29, 0.717) is 15.7 Å². The Morgan fingerprint density at radius 3 is 2.50 bits per heavy atom. The molecule has 0 atom stereocenters. The summed E-state index contributed by atoms with van der Waals surface area (Å²) < 4.78 is 7.84. The zero-order valence-corrected chi connectivity index (χ0v) is 19.4. The molecular formula is C25H23ClN2O3S. The minimum absolute atomic E-state index is 0.167.